The Morgan fingerprint density at radius 3 is 2.37 bits per heavy atom. The molecule has 0 spiro atoms. The molecule has 0 heterocycles. The van der Waals surface area contributed by atoms with E-state index in [-0.39, 0.29) is 5.92 Å². The Balaban J connectivity index is 2.00. The molecule has 102 valence electrons. The highest BCUT2D eigenvalue weighted by Crippen LogP contribution is 2.39. The molecule has 1 aliphatic rings. The Morgan fingerprint density at radius 1 is 1.32 bits per heavy atom. The molecule has 1 atom stereocenters. The van der Waals surface area contributed by atoms with Gasteiger partial charge < -0.3 is 15.7 Å². The molecule has 1 unspecified atom stereocenters. The summed E-state index contributed by atoms with van der Waals surface area (Å²) in [5, 5.41) is 14.2. The summed E-state index contributed by atoms with van der Waals surface area (Å²) in [7, 11) is 0. The lowest BCUT2D eigenvalue weighted by molar-refractivity contribution is -0.144. The fraction of sp³-hybridized carbons (Fsp3) is 0.385. The predicted octanol–water partition coefficient (Wildman–Crippen LogP) is 2.20. The summed E-state index contributed by atoms with van der Waals surface area (Å²) >= 11 is 0. The van der Waals surface area contributed by atoms with Crippen molar-refractivity contribution in [2.24, 2.45) is 5.92 Å². The van der Waals surface area contributed by atoms with Crippen molar-refractivity contribution in [1.29, 1.82) is 0 Å². The van der Waals surface area contributed by atoms with Crippen molar-refractivity contribution < 1.29 is 19.1 Å². The van der Waals surface area contributed by atoms with Crippen molar-refractivity contribution >= 4 is 17.7 Å². The summed E-state index contributed by atoms with van der Waals surface area (Å²) in [4.78, 5) is 23.0. The van der Waals surface area contributed by atoms with Gasteiger partial charge in [-0.3, -0.25) is 0 Å². The summed E-state index contributed by atoms with van der Waals surface area (Å²) in [6, 6.07) is 4.64. The molecule has 5 nitrogen and oxygen atoms in total. The highest BCUT2D eigenvalue weighted by Gasteiger charge is 2.48. The minimum Gasteiger partial charge on any atom is -0.480 e. The second kappa shape index (κ2) is 4.87. The molecule has 0 aromatic heterocycles. The van der Waals surface area contributed by atoms with E-state index < -0.39 is 23.4 Å². The molecule has 6 heteroatoms. The molecule has 0 saturated heterocycles. The lowest BCUT2D eigenvalue weighted by atomic mass is 9.96. The number of carboxylic acids is 1. The summed E-state index contributed by atoms with van der Waals surface area (Å²) in [5.41, 5.74) is -0.855. The number of urea groups is 1. The Bertz CT molecular complexity index is 499. The van der Waals surface area contributed by atoms with Gasteiger partial charge >= 0.3 is 12.0 Å². The van der Waals surface area contributed by atoms with E-state index in [9.17, 15) is 19.1 Å². The second-order valence-electron chi connectivity index (χ2n) is 4.87. The number of benzene rings is 1. The van der Waals surface area contributed by atoms with Crippen molar-refractivity contribution in [2.45, 2.75) is 25.3 Å². The fourth-order valence-corrected chi connectivity index (χ4v) is 1.92. The van der Waals surface area contributed by atoms with Gasteiger partial charge in [0.05, 0.1) is 0 Å². The molecule has 1 aromatic rings. The average Bonchev–Trinajstić information content (AvgIpc) is 3.16. The third-order valence-electron chi connectivity index (χ3n) is 3.31. The molecule has 0 radical (unpaired) electrons. The molecule has 2 rings (SSSR count). The molecule has 1 aliphatic carbocycles. The lowest BCUT2D eigenvalue weighted by Gasteiger charge is -2.26. The number of carbonyl (C=O) groups is 2. The number of nitrogens with one attached hydrogen (secondary N) is 2. The molecular formula is C13H15FN2O3. The zero-order valence-electron chi connectivity index (χ0n) is 10.4. The van der Waals surface area contributed by atoms with Gasteiger partial charge in [0.25, 0.3) is 0 Å². The van der Waals surface area contributed by atoms with Gasteiger partial charge in [0.1, 0.15) is 11.4 Å². The third kappa shape index (κ3) is 3.01. The standard InChI is InChI=1S/C13H15FN2O3/c1-13(11(17)18,8-2-3-8)16-12(19)15-10-6-4-9(14)5-7-10/h4-8H,2-3H2,1H3,(H,17,18)(H2,15,16,19). The van der Waals surface area contributed by atoms with Crippen molar-refractivity contribution in [3.63, 3.8) is 0 Å². The summed E-state index contributed by atoms with van der Waals surface area (Å²) < 4.78 is 12.7. The zero-order chi connectivity index (χ0) is 14.0. The number of hydrogen-bond donors (Lipinski definition) is 3. The van der Waals surface area contributed by atoms with E-state index in [4.69, 9.17) is 0 Å². The van der Waals surface area contributed by atoms with Gasteiger partial charge in [-0.15, -0.1) is 0 Å². The topological polar surface area (TPSA) is 78.4 Å². The van der Waals surface area contributed by atoms with Crippen LogP contribution in [0.5, 0.6) is 0 Å². The maximum absolute atomic E-state index is 12.7. The normalized spacial score (nSPS) is 17.4. The van der Waals surface area contributed by atoms with Gasteiger partial charge in [0, 0.05) is 5.69 Å². The average molecular weight is 266 g/mol. The van der Waals surface area contributed by atoms with Gasteiger partial charge in [-0.2, -0.15) is 0 Å². The summed E-state index contributed by atoms with van der Waals surface area (Å²) in [5.74, 6) is -1.49. The molecule has 1 aromatic carbocycles. The number of aliphatic carboxylic acids is 1. The maximum atomic E-state index is 12.7. The molecule has 0 bridgehead atoms. The van der Waals surface area contributed by atoms with Crippen molar-refractivity contribution in [3.05, 3.63) is 30.1 Å². The first kappa shape index (κ1) is 13.3. The zero-order valence-corrected chi connectivity index (χ0v) is 10.4. The molecule has 19 heavy (non-hydrogen) atoms. The number of halogens is 1. The molecule has 3 N–H and O–H groups in total. The molecular weight excluding hydrogens is 251 g/mol. The fourth-order valence-electron chi connectivity index (χ4n) is 1.92. The smallest absolute Gasteiger partial charge is 0.329 e. The number of anilines is 1. The molecule has 2 amide bonds. The van der Waals surface area contributed by atoms with Crippen LogP contribution in [0.15, 0.2) is 24.3 Å². The first-order valence-corrected chi connectivity index (χ1v) is 6.00. The SMILES string of the molecule is CC(NC(=O)Nc1ccc(F)cc1)(C(=O)O)C1CC1. The van der Waals surface area contributed by atoms with Crippen LogP contribution in [0.25, 0.3) is 0 Å². The van der Waals surface area contributed by atoms with Crippen LogP contribution in [-0.4, -0.2) is 22.6 Å². The van der Waals surface area contributed by atoms with Gasteiger partial charge in [-0.25, -0.2) is 14.0 Å². The largest absolute Gasteiger partial charge is 0.480 e. The number of rotatable bonds is 4. The number of amides is 2. The van der Waals surface area contributed by atoms with E-state index in [1.165, 1.54) is 31.2 Å². The minimum absolute atomic E-state index is 0.0380. The van der Waals surface area contributed by atoms with Crippen LogP contribution in [0.2, 0.25) is 0 Å². The first-order chi connectivity index (χ1) is 8.91. The third-order valence-corrected chi connectivity index (χ3v) is 3.31. The quantitative estimate of drug-likeness (QED) is 0.781. The van der Waals surface area contributed by atoms with E-state index in [0.717, 1.165) is 12.8 Å². The summed E-state index contributed by atoms with van der Waals surface area (Å²) in [6.45, 7) is 1.50. The predicted molar refractivity (Wildman–Crippen MR) is 67.3 cm³/mol. The van der Waals surface area contributed by atoms with Crippen molar-refractivity contribution in [1.82, 2.24) is 5.32 Å². The molecule has 0 aliphatic heterocycles. The van der Waals surface area contributed by atoms with Gasteiger partial charge in [-0.1, -0.05) is 0 Å². The Hall–Kier alpha value is -2.11. The number of carboxylic acid groups (broad SMARTS) is 1. The highest BCUT2D eigenvalue weighted by atomic mass is 19.1. The van der Waals surface area contributed by atoms with Crippen LogP contribution in [-0.2, 0) is 4.79 Å². The van der Waals surface area contributed by atoms with Crippen molar-refractivity contribution in [3.8, 4) is 0 Å². The van der Waals surface area contributed by atoms with Gasteiger partial charge in [0.15, 0.2) is 0 Å². The van der Waals surface area contributed by atoms with E-state index in [1.807, 2.05) is 0 Å². The molecule has 1 fully saturated rings. The Kier molecular flexibility index (Phi) is 3.42. The van der Waals surface area contributed by atoms with E-state index in [0.29, 0.717) is 5.69 Å². The lowest BCUT2D eigenvalue weighted by Crippen LogP contribution is -2.55. The minimum atomic E-state index is -1.26. The highest BCUT2D eigenvalue weighted by molar-refractivity contribution is 5.94. The van der Waals surface area contributed by atoms with Crippen LogP contribution in [0.1, 0.15) is 19.8 Å². The second-order valence-corrected chi connectivity index (χ2v) is 4.87. The Morgan fingerprint density at radius 2 is 1.89 bits per heavy atom. The Labute approximate surface area is 109 Å². The van der Waals surface area contributed by atoms with Crippen LogP contribution in [0.4, 0.5) is 14.9 Å². The van der Waals surface area contributed by atoms with Crippen LogP contribution in [0, 0.1) is 11.7 Å². The van der Waals surface area contributed by atoms with Gasteiger partial charge in [0.2, 0.25) is 0 Å². The van der Waals surface area contributed by atoms with Crippen molar-refractivity contribution in [2.75, 3.05) is 5.32 Å². The van der Waals surface area contributed by atoms with E-state index in [2.05, 4.69) is 10.6 Å². The van der Waals surface area contributed by atoms with Crippen LogP contribution >= 0.6 is 0 Å². The monoisotopic (exact) mass is 266 g/mol. The maximum Gasteiger partial charge on any atom is 0.329 e. The van der Waals surface area contributed by atoms with E-state index in [1.54, 1.807) is 0 Å². The summed E-state index contributed by atoms with van der Waals surface area (Å²) in [6.07, 6.45) is 1.58. The molecule has 1 saturated carbocycles. The number of carbonyl (C=O) groups excluding carboxylic acids is 1. The number of hydrogen-bond acceptors (Lipinski definition) is 2. The first-order valence-electron chi connectivity index (χ1n) is 6.00. The van der Waals surface area contributed by atoms with Crippen LogP contribution in [0.3, 0.4) is 0 Å². The van der Waals surface area contributed by atoms with E-state index >= 15 is 0 Å². The van der Waals surface area contributed by atoms with Crippen LogP contribution < -0.4 is 10.6 Å². The van der Waals surface area contributed by atoms with Gasteiger partial charge in [-0.05, 0) is 49.9 Å².